The molecule has 0 aromatic rings. The molecule has 2 rings (SSSR count). The SMILES string of the molecule is CCCN(CC1CC1)CC1(C=O)CCCCC1. The Morgan fingerprint density at radius 2 is 1.94 bits per heavy atom. The molecule has 2 saturated carbocycles. The Morgan fingerprint density at radius 1 is 1.24 bits per heavy atom. The second kappa shape index (κ2) is 5.99. The molecule has 17 heavy (non-hydrogen) atoms. The number of rotatable bonds is 7. The van der Waals surface area contributed by atoms with E-state index in [4.69, 9.17) is 0 Å². The number of hydrogen-bond donors (Lipinski definition) is 0. The molecule has 2 heteroatoms. The highest BCUT2D eigenvalue weighted by atomic mass is 16.1. The van der Waals surface area contributed by atoms with Crippen molar-refractivity contribution >= 4 is 6.29 Å². The molecule has 0 unspecified atom stereocenters. The average Bonchev–Trinajstić information content (AvgIpc) is 3.14. The van der Waals surface area contributed by atoms with Crippen molar-refractivity contribution in [1.82, 2.24) is 4.90 Å². The zero-order valence-corrected chi connectivity index (χ0v) is 11.3. The largest absolute Gasteiger partial charge is 0.303 e. The van der Waals surface area contributed by atoms with Gasteiger partial charge in [-0.15, -0.1) is 0 Å². The molecular formula is C15H27NO. The van der Waals surface area contributed by atoms with E-state index in [2.05, 4.69) is 11.8 Å². The van der Waals surface area contributed by atoms with Crippen LogP contribution in [0.1, 0.15) is 58.3 Å². The van der Waals surface area contributed by atoms with E-state index in [0.29, 0.717) is 0 Å². The molecule has 0 saturated heterocycles. The van der Waals surface area contributed by atoms with Crippen molar-refractivity contribution in [3.05, 3.63) is 0 Å². The second-order valence-electron chi connectivity index (χ2n) is 6.22. The maximum absolute atomic E-state index is 11.5. The molecule has 0 N–H and O–H groups in total. The van der Waals surface area contributed by atoms with Crippen molar-refractivity contribution in [2.45, 2.75) is 58.3 Å². The minimum atomic E-state index is 0.00229. The van der Waals surface area contributed by atoms with Gasteiger partial charge in [0.05, 0.1) is 0 Å². The smallest absolute Gasteiger partial charge is 0.127 e. The Balaban J connectivity index is 1.90. The van der Waals surface area contributed by atoms with Gasteiger partial charge in [-0.05, 0) is 44.6 Å². The molecule has 2 aliphatic carbocycles. The van der Waals surface area contributed by atoms with E-state index in [9.17, 15) is 4.79 Å². The lowest BCUT2D eigenvalue weighted by molar-refractivity contribution is -0.119. The lowest BCUT2D eigenvalue weighted by atomic mass is 9.75. The van der Waals surface area contributed by atoms with E-state index in [1.165, 1.54) is 57.9 Å². The quantitative estimate of drug-likeness (QED) is 0.633. The molecule has 0 amide bonds. The van der Waals surface area contributed by atoms with Gasteiger partial charge in [-0.25, -0.2) is 0 Å². The maximum Gasteiger partial charge on any atom is 0.127 e. The van der Waals surface area contributed by atoms with Crippen LogP contribution in [-0.4, -0.2) is 30.8 Å². The summed E-state index contributed by atoms with van der Waals surface area (Å²) in [6, 6.07) is 0. The van der Waals surface area contributed by atoms with Crippen LogP contribution in [0.2, 0.25) is 0 Å². The molecule has 0 radical (unpaired) electrons. The average molecular weight is 237 g/mol. The van der Waals surface area contributed by atoms with Crippen LogP contribution in [-0.2, 0) is 4.79 Å². The number of nitrogens with zero attached hydrogens (tertiary/aromatic N) is 1. The van der Waals surface area contributed by atoms with E-state index in [1.54, 1.807) is 0 Å². The number of aldehydes is 1. The van der Waals surface area contributed by atoms with Crippen molar-refractivity contribution in [2.75, 3.05) is 19.6 Å². The third-order valence-corrected chi connectivity index (χ3v) is 4.39. The highest BCUT2D eigenvalue weighted by molar-refractivity contribution is 5.60. The third kappa shape index (κ3) is 3.80. The van der Waals surface area contributed by atoms with Gasteiger partial charge in [0.2, 0.25) is 0 Å². The van der Waals surface area contributed by atoms with E-state index in [0.717, 1.165) is 25.3 Å². The van der Waals surface area contributed by atoms with Crippen LogP contribution in [0.3, 0.4) is 0 Å². The molecule has 0 bridgehead atoms. The summed E-state index contributed by atoms with van der Waals surface area (Å²) in [5.74, 6) is 0.939. The molecule has 2 aliphatic rings. The highest BCUT2D eigenvalue weighted by Crippen LogP contribution is 2.37. The van der Waals surface area contributed by atoms with Gasteiger partial charge >= 0.3 is 0 Å². The number of carbonyl (C=O) groups is 1. The van der Waals surface area contributed by atoms with Crippen LogP contribution in [0.5, 0.6) is 0 Å². The summed E-state index contributed by atoms with van der Waals surface area (Å²) in [4.78, 5) is 14.1. The van der Waals surface area contributed by atoms with Crippen LogP contribution < -0.4 is 0 Å². The monoisotopic (exact) mass is 237 g/mol. The lowest BCUT2D eigenvalue weighted by Crippen LogP contribution is -2.41. The molecular weight excluding hydrogens is 210 g/mol. The van der Waals surface area contributed by atoms with Gasteiger partial charge in [-0.2, -0.15) is 0 Å². The number of carbonyl (C=O) groups excluding carboxylic acids is 1. The number of hydrogen-bond acceptors (Lipinski definition) is 2. The molecule has 0 aliphatic heterocycles. The van der Waals surface area contributed by atoms with Crippen LogP contribution in [0.15, 0.2) is 0 Å². The predicted octanol–water partition coefficient (Wildman–Crippen LogP) is 3.26. The summed E-state index contributed by atoms with van der Waals surface area (Å²) in [7, 11) is 0. The summed E-state index contributed by atoms with van der Waals surface area (Å²) in [5.41, 5.74) is 0.00229. The Kier molecular flexibility index (Phi) is 4.61. The van der Waals surface area contributed by atoms with Crippen LogP contribution >= 0.6 is 0 Å². The van der Waals surface area contributed by atoms with Gasteiger partial charge in [-0.3, -0.25) is 0 Å². The van der Waals surface area contributed by atoms with Gasteiger partial charge in [0, 0.05) is 18.5 Å². The molecule has 0 aromatic heterocycles. The predicted molar refractivity (Wildman–Crippen MR) is 71.0 cm³/mol. The second-order valence-corrected chi connectivity index (χ2v) is 6.22. The Morgan fingerprint density at radius 3 is 2.47 bits per heavy atom. The summed E-state index contributed by atoms with van der Waals surface area (Å²) in [5, 5.41) is 0. The van der Waals surface area contributed by atoms with E-state index >= 15 is 0 Å². The minimum Gasteiger partial charge on any atom is -0.303 e. The van der Waals surface area contributed by atoms with Crippen molar-refractivity contribution in [3.8, 4) is 0 Å². The fraction of sp³-hybridized carbons (Fsp3) is 0.933. The van der Waals surface area contributed by atoms with Crippen LogP contribution in [0.25, 0.3) is 0 Å². The Labute approximate surface area is 106 Å². The molecule has 2 nitrogen and oxygen atoms in total. The Hall–Kier alpha value is -0.370. The van der Waals surface area contributed by atoms with Crippen molar-refractivity contribution in [3.63, 3.8) is 0 Å². The van der Waals surface area contributed by atoms with Gasteiger partial charge in [0.25, 0.3) is 0 Å². The first kappa shape index (κ1) is 13.1. The zero-order chi connectivity index (χ0) is 12.1. The summed E-state index contributed by atoms with van der Waals surface area (Å²) >= 11 is 0. The third-order valence-electron chi connectivity index (χ3n) is 4.39. The molecule has 0 atom stereocenters. The highest BCUT2D eigenvalue weighted by Gasteiger charge is 2.35. The van der Waals surface area contributed by atoms with Gasteiger partial charge in [0.1, 0.15) is 6.29 Å². The standard InChI is InChI=1S/C15H27NO/c1-2-10-16(11-14-6-7-14)12-15(13-17)8-4-3-5-9-15/h13-14H,2-12H2,1H3. The summed E-state index contributed by atoms with van der Waals surface area (Å²) < 4.78 is 0. The van der Waals surface area contributed by atoms with E-state index < -0.39 is 0 Å². The van der Waals surface area contributed by atoms with Gasteiger partial charge in [0.15, 0.2) is 0 Å². The lowest BCUT2D eigenvalue weighted by Gasteiger charge is -2.37. The molecule has 2 fully saturated rings. The summed E-state index contributed by atoms with van der Waals surface area (Å²) in [6.07, 6.45) is 11.4. The fourth-order valence-electron chi connectivity index (χ4n) is 3.23. The van der Waals surface area contributed by atoms with Crippen LogP contribution in [0, 0.1) is 11.3 Å². The first-order valence-electron chi connectivity index (χ1n) is 7.47. The van der Waals surface area contributed by atoms with Crippen molar-refractivity contribution in [1.29, 1.82) is 0 Å². The Bertz CT molecular complexity index is 241. The van der Waals surface area contributed by atoms with Crippen LogP contribution in [0.4, 0.5) is 0 Å². The van der Waals surface area contributed by atoms with Gasteiger partial charge < -0.3 is 9.69 Å². The molecule has 0 heterocycles. The van der Waals surface area contributed by atoms with Gasteiger partial charge in [-0.1, -0.05) is 26.2 Å². The van der Waals surface area contributed by atoms with E-state index in [1.807, 2.05) is 0 Å². The fourth-order valence-corrected chi connectivity index (χ4v) is 3.23. The first-order valence-corrected chi connectivity index (χ1v) is 7.47. The maximum atomic E-state index is 11.5. The van der Waals surface area contributed by atoms with E-state index in [-0.39, 0.29) is 5.41 Å². The van der Waals surface area contributed by atoms with Crippen molar-refractivity contribution in [2.24, 2.45) is 11.3 Å². The zero-order valence-electron chi connectivity index (χ0n) is 11.3. The van der Waals surface area contributed by atoms with Crippen molar-refractivity contribution < 1.29 is 4.79 Å². The first-order chi connectivity index (χ1) is 8.28. The molecule has 0 spiro atoms. The summed E-state index contributed by atoms with van der Waals surface area (Å²) in [6.45, 7) is 5.69. The molecule has 98 valence electrons. The molecule has 0 aromatic carbocycles. The minimum absolute atomic E-state index is 0.00229. The topological polar surface area (TPSA) is 20.3 Å². The normalized spacial score (nSPS) is 23.9.